The molecule has 0 saturated carbocycles. The number of benzene rings is 6. The minimum Gasteiger partial charge on any atom is -0.390 e. The number of para-hydroxylation sites is 3. The number of aryl methyl sites for hydroxylation is 6. The largest absolute Gasteiger partial charge is 0.390 e. The summed E-state index contributed by atoms with van der Waals surface area (Å²) in [6.07, 6.45) is 1.43. The van der Waals surface area contributed by atoms with Gasteiger partial charge >= 0.3 is 0 Å². The van der Waals surface area contributed by atoms with Crippen molar-refractivity contribution in [3.05, 3.63) is 237 Å². The number of aliphatic hydroxyl groups excluding tert-OH is 1. The monoisotopic (exact) mass is 1140 g/mol. The summed E-state index contributed by atoms with van der Waals surface area (Å²) < 4.78 is 7.73. The maximum absolute atomic E-state index is 13.7. The van der Waals surface area contributed by atoms with E-state index >= 15 is 0 Å². The van der Waals surface area contributed by atoms with Gasteiger partial charge in [-0.2, -0.15) is 5.10 Å². The fourth-order valence-electron chi connectivity index (χ4n) is 9.58. The third kappa shape index (κ3) is 9.65. The third-order valence-electron chi connectivity index (χ3n) is 13.2. The van der Waals surface area contributed by atoms with E-state index in [1.807, 2.05) is 180 Å². The Kier molecular flexibility index (Phi) is 14.7. The van der Waals surface area contributed by atoms with E-state index in [0.717, 1.165) is 97.8 Å². The normalized spacial score (nSPS) is 11.2. The highest BCUT2D eigenvalue weighted by molar-refractivity contribution is 14.1. The summed E-state index contributed by atoms with van der Waals surface area (Å²) in [4.78, 5) is 48.2. The number of nitrogens with two attached hydrogens (primary N) is 1. The molecule has 12 nitrogen and oxygen atoms in total. The molecule has 0 atom stereocenters. The second-order valence-electron chi connectivity index (χ2n) is 18.0. The van der Waals surface area contributed by atoms with Gasteiger partial charge < -0.3 is 10.8 Å². The number of alkyl halides is 1. The van der Waals surface area contributed by atoms with Crippen molar-refractivity contribution < 1.29 is 5.11 Å². The van der Waals surface area contributed by atoms with Crippen LogP contribution in [0.3, 0.4) is 0 Å². The van der Waals surface area contributed by atoms with E-state index in [1.54, 1.807) is 13.8 Å². The van der Waals surface area contributed by atoms with Crippen LogP contribution in [0.4, 0.5) is 5.82 Å². The molecule has 5 aromatic heterocycles. The fourth-order valence-corrected chi connectivity index (χ4v) is 10.8. The van der Waals surface area contributed by atoms with Gasteiger partial charge in [-0.15, -0.1) is 0 Å². The molecule has 0 spiro atoms. The molecule has 0 aliphatic heterocycles. The van der Waals surface area contributed by atoms with Crippen molar-refractivity contribution in [1.29, 1.82) is 0 Å². The van der Waals surface area contributed by atoms with Gasteiger partial charge in [0, 0.05) is 16.7 Å². The highest BCUT2D eigenvalue weighted by Crippen LogP contribution is 2.27. The van der Waals surface area contributed by atoms with Crippen LogP contribution in [0.2, 0.25) is 0 Å². The van der Waals surface area contributed by atoms with E-state index < -0.39 is 0 Å². The van der Waals surface area contributed by atoms with Crippen LogP contribution in [0.5, 0.6) is 0 Å². The molecule has 0 aliphatic rings. The first-order valence-electron chi connectivity index (χ1n) is 23.6. The average Bonchev–Trinajstić information content (AvgIpc) is 3.70. The number of aromatic nitrogens is 7. The molecule has 366 valence electrons. The lowest BCUT2D eigenvalue weighted by Crippen LogP contribution is -2.25. The summed E-state index contributed by atoms with van der Waals surface area (Å²) in [7, 11) is 0. The predicted octanol–water partition coefficient (Wildman–Crippen LogP) is 11.6. The second kappa shape index (κ2) is 21.3. The number of nitrogens with zero attached hydrogens (tertiary/aromatic N) is 7. The maximum atomic E-state index is 13.7. The van der Waals surface area contributed by atoms with Crippen molar-refractivity contribution in [2.45, 2.75) is 60.0 Å². The zero-order valence-corrected chi connectivity index (χ0v) is 44.9. The standard InChI is InChI=1S/C23H19IN6O.C18H16BrNO.C18H17NO2/c1-13-6-3-4-9-17(13)30-16(10-15-8-5-7-14(2)18(15)23(30)31)11-29-22-19(20(24)28-29)21(25)26-12-27-22;1-12-6-3-4-9-16(12)20-15(11-19)10-14-8-5-7-13(2)17(14)18(20)21;1-12-6-3-4-9-16(12)19-15(11-20)10-14-8-5-7-13(2)17(14)18(19)21/h3-10,12H,11H2,1-2H3,(H2,25,26,27);3-10H,11H2,1-2H3;3-10,20H,11H2,1-2H3. The van der Waals surface area contributed by atoms with E-state index in [0.29, 0.717) is 34.4 Å². The fraction of sp³-hybridized carbons (Fsp3) is 0.153. The Labute approximate surface area is 443 Å². The number of hydrogen-bond acceptors (Lipinski definition) is 8. The Bertz CT molecular complexity index is 3970. The summed E-state index contributed by atoms with van der Waals surface area (Å²) in [6, 6.07) is 47.3. The first-order valence-corrected chi connectivity index (χ1v) is 25.8. The Morgan fingerprint density at radius 1 is 0.507 bits per heavy atom. The van der Waals surface area contributed by atoms with Crippen LogP contribution < -0.4 is 22.4 Å². The number of halogens is 2. The summed E-state index contributed by atoms with van der Waals surface area (Å²) in [5, 5.41) is 20.7. The Morgan fingerprint density at radius 3 is 1.32 bits per heavy atom. The van der Waals surface area contributed by atoms with Crippen LogP contribution in [-0.4, -0.2) is 38.6 Å². The molecule has 0 unspecified atom stereocenters. The number of hydrogen-bond donors (Lipinski definition) is 2. The summed E-state index contributed by atoms with van der Waals surface area (Å²) in [5.74, 6) is 0.395. The Morgan fingerprint density at radius 2 is 0.890 bits per heavy atom. The summed E-state index contributed by atoms with van der Waals surface area (Å²) >= 11 is 5.65. The van der Waals surface area contributed by atoms with Gasteiger partial charge in [0.15, 0.2) is 5.65 Å². The van der Waals surface area contributed by atoms with Gasteiger partial charge in [0.05, 0.1) is 57.5 Å². The van der Waals surface area contributed by atoms with Crippen molar-refractivity contribution in [2.75, 3.05) is 5.73 Å². The molecule has 11 aromatic rings. The Hall–Kier alpha value is -7.53. The summed E-state index contributed by atoms with van der Waals surface area (Å²) in [6.45, 7) is 12.1. The zero-order chi connectivity index (χ0) is 51.7. The minimum atomic E-state index is -0.173. The first kappa shape index (κ1) is 50.4. The highest BCUT2D eigenvalue weighted by Gasteiger charge is 2.20. The van der Waals surface area contributed by atoms with Crippen LogP contribution in [0.25, 0.3) is 60.4 Å². The van der Waals surface area contributed by atoms with Crippen LogP contribution in [0.1, 0.15) is 50.5 Å². The molecule has 14 heteroatoms. The zero-order valence-electron chi connectivity index (χ0n) is 41.2. The SMILES string of the molecule is Cc1ccccc1-n1c(CBr)cc2cccc(C)c2c1=O.Cc1ccccc1-n1c(CO)cc2cccc(C)c2c1=O.Cc1ccccc1-n1c(Cn2nc(I)c3c(N)ncnc32)cc2cccc(C)c2c1=O. The average molecular weight is 1140 g/mol. The van der Waals surface area contributed by atoms with Crippen LogP contribution in [-0.2, 0) is 18.5 Å². The van der Waals surface area contributed by atoms with Crippen LogP contribution in [0, 0.1) is 45.2 Å². The minimum absolute atomic E-state index is 0.0415. The molecule has 5 heterocycles. The van der Waals surface area contributed by atoms with E-state index in [9.17, 15) is 19.5 Å². The Balaban J connectivity index is 0.000000139. The van der Waals surface area contributed by atoms with Crippen LogP contribution >= 0.6 is 38.5 Å². The van der Waals surface area contributed by atoms with Gasteiger partial charge in [0.1, 0.15) is 15.8 Å². The van der Waals surface area contributed by atoms with Gasteiger partial charge in [-0.3, -0.25) is 28.1 Å². The van der Waals surface area contributed by atoms with Gasteiger partial charge in [0.25, 0.3) is 16.7 Å². The van der Waals surface area contributed by atoms with E-state index in [-0.39, 0.29) is 23.3 Å². The van der Waals surface area contributed by atoms with Crippen LogP contribution in [0.15, 0.2) is 166 Å². The van der Waals surface area contributed by atoms with E-state index in [4.69, 9.17) is 5.73 Å². The van der Waals surface area contributed by atoms with Crippen molar-refractivity contribution in [1.82, 2.24) is 33.4 Å². The molecule has 0 radical (unpaired) electrons. The predicted molar refractivity (Wildman–Crippen MR) is 307 cm³/mol. The molecular weight excluding hydrogens is 1090 g/mol. The van der Waals surface area contributed by atoms with Crippen molar-refractivity contribution >= 4 is 87.7 Å². The van der Waals surface area contributed by atoms with Crippen molar-refractivity contribution in [3.63, 3.8) is 0 Å². The number of nitrogen functional groups attached to an aromatic ring is 1. The van der Waals surface area contributed by atoms with Gasteiger partial charge in [-0.1, -0.05) is 125 Å². The second-order valence-corrected chi connectivity index (χ2v) is 19.6. The molecule has 73 heavy (non-hydrogen) atoms. The lowest BCUT2D eigenvalue weighted by Gasteiger charge is -2.17. The van der Waals surface area contributed by atoms with Crippen molar-refractivity contribution in [2.24, 2.45) is 0 Å². The lowest BCUT2D eigenvalue weighted by atomic mass is 10.1. The maximum Gasteiger partial charge on any atom is 0.263 e. The topological polar surface area (TPSA) is 156 Å². The molecule has 3 N–H and O–H groups in total. The molecule has 0 amide bonds. The lowest BCUT2D eigenvalue weighted by molar-refractivity contribution is 0.273. The van der Waals surface area contributed by atoms with Gasteiger partial charge in [-0.25, -0.2) is 14.6 Å². The molecule has 0 bridgehead atoms. The molecular formula is C59H52BrIN8O4. The van der Waals surface area contributed by atoms with E-state index in [2.05, 4.69) is 65.7 Å². The number of pyridine rings is 3. The molecule has 11 rings (SSSR count). The smallest absolute Gasteiger partial charge is 0.263 e. The van der Waals surface area contributed by atoms with E-state index in [1.165, 1.54) is 6.33 Å². The number of fused-ring (bicyclic) bond motifs is 4. The molecule has 0 saturated heterocycles. The van der Waals surface area contributed by atoms with Crippen molar-refractivity contribution in [3.8, 4) is 17.1 Å². The van der Waals surface area contributed by atoms with Gasteiger partial charge in [0.2, 0.25) is 0 Å². The number of aliphatic hydroxyl groups is 1. The number of anilines is 1. The summed E-state index contributed by atoms with van der Waals surface area (Å²) in [5.41, 5.74) is 17.7. The quantitative estimate of drug-likeness (QED) is 0.118. The molecule has 6 aromatic carbocycles. The third-order valence-corrected chi connectivity index (χ3v) is 14.5. The molecule has 0 aliphatic carbocycles. The first-order chi connectivity index (χ1) is 35.2. The number of rotatable bonds is 7. The van der Waals surface area contributed by atoms with Gasteiger partial charge in [-0.05, 0) is 150 Å². The molecule has 0 fully saturated rings. The highest BCUT2D eigenvalue weighted by atomic mass is 127.